The number of rotatable bonds is 6. The van der Waals surface area contributed by atoms with Gasteiger partial charge in [0.1, 0.15) is 0 Å². The van der Waals surface area contributed by atoms with Gasteiger partial charge in [-0.25, -0.2) is 0 Å². The van der Waals surface area contributed by atoms with Gasteiger partial charge in [-0.2, -0.15) is 0 Å². The first-order chi connectivity index (χ1) is 10.8. The van der Waals surface area contributed by atoms with Crippen molar-refractivity contribution in [2.24, 2.45) is 5.92 Å². The Kier molecular flexibility index (Phi) is 5.24. The van der Waals surface area contributed by atoms with Crippen LogP contribution in [0.25, 0.3) is 0 Å². The van der Waals surface area contributed by atoms with E-state index in [0.29, 0.717) is 5.91 Å². The minimum Gasteiger partial charge on any atom is -0.337 e. The van der Waals surface area contributed by atoms with Crippen molar-refractivity contribution in [1.29, 1.82) is 0 Å². The van der Waals surface area contributed by atoms with Crippen LogP contribution in [-0.2, 0) is 17.8 Å². The molecule has 0 radical (unpaired) electrons. The predicted octanol–water partition coefficient (Wildman–Crippen LogP) is 2.93. The van der Waals surface area contributed by atoms with E-state index in [1.165, 1.54) is 10.4 Å². The molecule has 1 saturated heterocycles. The molecule has 22 heavy (non-hydrogen) atoms. The second-order valence-corrected chi connectivity index (χ2v) is 6.80. The lowest BCUT2D eigenvalue weighted by Crippen LogP contribution is -2.37. The molecule has 3 nitrogen and oxygen atoms in total. The lowest BCUT2D eigenvalue weighted by Gasteiger charge is -2.25. The third-order valence-corrected chi connectivity index (χ3v) is 5.02. The molecular formula is C18H22N2OS. The molecule has 2 heterocycles. The van der Waals surface area contributed by atoms with Crippen molar-refractivity contribution in [3.8, 4) is 0 Å². The molecule has 1 fully saturated rings. The zero-order valence-electron chi connectivity index (χ0n) is 12.7. The van der Waals surface area contributed by atoms with Crippen LogP contribution in [0.15, 0.2) is 47.8 Å². The van der Waals surface area contributed by atoms with Gasteiger partial charge in [-0.1, -0.05) is 36.4 Å². The fourth-order valence-electron chi connectivity index (χ4n) is 2.89. The molecule has 1 atom stereocenters. The SMILES string of the molecule is O=C([C@@H]1CCNC1)N(CCc1ccccc1)Cc1cccs1. The fourth-order valence-corrected chi connectivity index (χ4v) is 3.61. The first-order valence-corrected chi connectivity index (χ1v) is 8.77. The van der Waals surface area contributed by atoms with Crippen LogP contribution in [0, 0.1) is 5.92 Å². The Morgan fingerprint density at radius 3 is 2.77 bits per heavy atom. The maximum absolute atomic E-state index is 12.8. The topological polar surface area (TPSA) is 32.3 Å². The first kappa shape index (κ1) is 15.3. The molecule has 1 aromatic heterocycles. The molecule has 116 valence electrons. The number of hydrogen-bond acceptors (Lipinski definition) is 3. The zero-order chi connectivity index (χ0) is 15.2. The van der Waals surface area contributed by atoms with Gasteiger partial charge < -0.3 is 10.2 Å². The third kappa shape index (κ3) is 3.96. The highest BCUT2D eigenvalue weighted by molar-refractivity contribution is 7.09. The maximum atomic E-state index is 12.8. The Labute approximate surface area is 136 Å². The molecule has 3 rings (SSSR count). The number of benzene rings is 1. The van der Waals surface area contributed by atoms with Gasteiger partial charge in [0, 0.05) is 18.0 Å². The van der Waals surface area contributed by atoms with Crippen molar-refractivity contribution >= 4 is 17.2 Å². The monoisotopic (exact) mass is 314 g/mol. The number of thiophene rings is 1. The largest absolute Gasteiger partial charge is 0.337 e. The molecule has 2 aromatic rings. The summed E-state index contributed by atoms with van der Waals surface area (Å²) < 4.78 is 0. The van der Waals surface area contributed by atoms with Gasteiger partial charge in [0.2, 0.25) is 5.91 Å². The number of nitrogens with zero attached hydrogens (tertiary/aromatic N) is 1. The van der Waals surface area contributed by atoms with Crippen LogP contribution in [0.3, 0.4) is 0 Å². The normalized spacial score (nSPS) is 17.5. The summed E-state index contributed by atoms with van der Waals surface area (Å²) in [4.78, 5) is 16.1. The predicted molar refractivity (Wildman–Crippen MR) is 90.9 cm³/mol. The first-order valence-electron chi connectivity index (χ1n) is 7.89. The smallest absolute Gasteiger partial charge is 0.227 e. The molecule has 1 aliphatic heterocycles. The van der Waals surface area contributed by atoms with Crippen molar-refractivity contribution in [3.63, 3.8) is 0 Å². The molecule has 1 amide bonds. The lowest BCUT2D eigenvalue weighted by molar-refractivity contribution is -0.135. The number of amides is 1. The summed E-state index contributed by atoms with van der Waals surface area (Å²) in [5.74, 6) is 0.449. The van der Waals surface area contributed by atoms with Crippen molar-refractivity contribution in [1.82, 2.24) is 10.2 Å². The molecule has 4 heteroatoms. The van der Waals surface area contributed by atoms with Crippen LogP contribution in [-0.4, -0.2) is 30.4 Å². The van der Waals surface area contributed by atoms with Gasteiger partial charge in [0.25, 0.3) is 0 Å². The Bertz CT molecular complexity index is 576. The molecule has 0 unspecified atom stereocenters. The van der Waals surface area contributed by atoms with Gasteiger partial charge >= 0.3 is 0 Å². The van der Waals surface area contributed by atoms with Crippen LogP contribution < -0.4 is 5.32 Å². The van der Waals surface area contributed by atoms with Gasteiger partial charge in [0.05, 0.1) is 12.5 Å². The third-order valence-electron chi connectivity index (χ3n) is 4.16. The fraction of sp³-hybridized carbons (Fsp3) is 0.389. The maximum Gasteiger partial charge on any atom is 0.227 e. The summed E-state index contributed by atoms with van der Waals surface area (Å²) in [5.41, 5.74) is 1.29. The van der Waals surface area contributed by atoms with E-state index in [1.54, 1.807) is 11.3 Å². The van der Waals surface area contributed by atoms with E-state index < -0.39 is 0 Å². The van der Waals surface area contributed by atoms with Crippen LogP contribution in [0.4, 0.5) is 0 Å². The Morgan fingerprint density at radius 2 is 2.09 bits per heavy atom. The van der Waals surface area contributed by atoms with Crippen LogP contribution in [0.2, 0.25) is 0 Å². The lowest BCUT2D eigenvalue weighted by atomic mass is 10.1. The molecule has 0 aliphatic carbocycles. The van der Waals surface area contributed by atoms with Crippen molar-refractivity contribution in [2.75, 3.05) is 19.6 Å². The summed E-state index contributed by atoms with van der Waals surface area (Å²) in [5, 5.41) is 5.37. The minimum atomic E-state index is 0.149. The van der Waals surface area contributed by atoms with Crippen molar-refractivity contribution in [3.05, 3.63) is 58.3 Å². The van der Waals surface area contributed by atoms with Crippen LogP contribution in [0.1, 0.15) is 16.9 Å². The van der Waals surface area contributed by atoms with E-state index in [0.717, 1.165) is 39.0 Å². The number of nitrogens with one attached hydrogen (secondary N) is 1. The Hall–Kier alpha value is -1.65. The van der Waals surface area contributed by atoms with Crippen LogP contribution in [0.5, 0.6) is 0 Å². The number of hydrogen-bond donors (Lipinski definition) is 1. The van der Waals surface area contributed by atoms with Crippen molar-refractivity contribution in [2.45, 2.75) is 19.4 Å². The Balaban J connectivity index is 1.66. The number of carbonyl (C=O) groups excluding carboxylic acids is 1. The molecule has 1 N–H and O–H groups in total. The summed E-state index contributed by atoms with van der Waals surface area (Å²) in [6, 6.07) is 14.6. The molecular weight excluding hydrogens is 292 g/mol. The van der Waals surface area contributed by atoms with E-state index >= 15 is 0 Å². The second kappa shape index (κ2) is 7.56. The highest BCUT2D eigenvalue weighted by atomic mass is 32.1. The molecule has 0 saturated carbocycles. The second-order valence-electron chi connectivity index (χ2n) is 5.76. The van der Waals surface area contributed by atoms with Crippen molar-refractivity contribution < 1.29 is 4.79 Å². The van der Waals surface area contributed by atoms with Crippen LogP contribution >= 0.6 is 11.3 Å². The average molecular weight is 314 g/mol. The van der Waals surface area contributed by atoms with E-state index in [-0.39, 0.29) is 5.92 Å². The summed E-state index contributed by atoms with van der Waals surface area (Å²) in [6.07, 6.45) is 1.88. The highest BCUT2D eigenvalue weighted by Gasteiger charge is 2.27. The summed E-state index contributed by atoms with van der Waals surface area (Å²) in [7, 11) is 0. The molecule has 1 aliphatic rings. The van der Waals surface area contributed by atoms with Gasteiger partial charge in [-0.05, 0) is 36.4 Å². The zero-order valence-corrected chi connectivity index (χ0v) is 13.5. The molecule has 1 aromatic carbocycles. The Morgan fingerprint density at radius 1 is 1.23 bits per heavy atom. The van der Waals surface area contributed by atoms with E-state index in [1.807, 2.05) is 11.0 Å². The standard InChI is InChI=1S/C18H22N2OS/c21-18(16-8-10-19-13-16)20(14-17-7-4-12-22-17)11-9-15-5-2-1-3-6-15/h1-7,12,16,19H,8-11,13-14H2/t16-/m1/s1. The summed E-state index contributed by atoms with van der Waals surface area (Å²) >= 11 is 1.72. The van der Waals surface area contributed by atoms with E-state index in [9.17, 15) is 4.79 Å². The number of carbonyl (C=O) groups is 1. The van der Waals surface area contributed by atoms with Gasteiger partial charge in [-0.3, -0.25) is 4.79 Å². The van der Waals surface area contributed by atoms with Gasteiger partial charge in [-0.15, -0.1) is 11.3 Å². The average Bonchev–Trinajstić information content (AvgIpc) is 3.25. The minimum absolute atomic E-state index is 0.149. The summed E-state index contributed by atoms with van der Waals surface area (Å²) in [6.45, 7) is 3.31. The molecule has 0 bridgehead atoms. The van der Waals surface area contributed by atoms with E-state index in [2.05, 4.69) is 47.1 Å². The van der Waals surface area contributed by atoms with Gasteiger partial charge in [0.15, 0.2) is 0 Å². The van der Waals surface area contributed by atoms with E-state index in [4.69, 9.17) is 0 Å². The molecule has 0 spiro atoms. The highest BCUT2D eigenvalue weighted by Crippen LogP contribution is 2.17. The quantitative estimate of drug-likeness (QED) is 0.889.